The third kappa shape index (κ3) is 3.99. The van der Waals surface area contributed by atoms with Gasteiger partial charge in [0.05, 0.1) is 17.0 Å². The van der Waals surface area contributed by atoms with E-state index in [1.54, 1.807) is 25.2 Å². The van der Waals surface area contributed by atoms with Crippen molar-refractivity contribution in [2.45, 2.75) is 44.8 Å². The summed E-state index contributed by atoms with van der Waals surface area (Å²) in [6.07, 6.45) is 4.41. The van der Waals surface area contributed by atoms with E-state index >= 15 is 0 Å². The van der Waals surface area contributed by atoms with Gasteiger partial charge in [-0.25, -0.2) is 0 Å². The molecule has 0 bridgehead atoms. The molecule has 2 heterocycles. The van der Waals surface area contributed by atoms with E-state index in [4.69, 9.17) is 17.0 Å². The third-order valence-corrected chi connectivity index (χ3v) is 5.06. The van der Waals surface area contributed by atoms with Crippen LogP contribution in [-0.2, 0) is 11.8 Å². The predicted molar refractivity (Wildman–Crippen MR) is 99.5 cm³/mol. The summed E-state index contributed by atoms with van der Waals surface area (Å²) in [7, 11) is 1.62. The smallest absolute Gasteiger partial charge is 0.261 e. The van der Waals surface area contributed by atoms with Crippen LogP contribution in [0.5, 0.6) is 0 Å². The van der Waals surface area contributed by atoms with Crippen LogP contribution in [0.15, 0.2) is 23.0 Å². The fourth-order valence-electron chi connectivity index (χ4n) is 3.13. The first kappa shape index (κ1) is 17.8. The number of nitrogens with one attached hydrogen (secondary N) is 2. The van der Waals surface area contributed by atoms with Crippen molar-refractivity contribution in [3.63, 3.8) is 0 Å². The van der Waals surface area contributed by atoms with Gasteiger partial charge in [0.1, 0.15) is 0 Å². The molecule has 0 saturated carbocycles. The topological polar surface area (TPSA) is 76.1 Å². The van der Waals surface area contributed by atoms with Crippen molar-refractivity contribution in [2.75, 3.05) is 6.61 Å². The zero-order valence-corrected chi connectivity index (χ0v) is 15.3. The Morgan fingerprint density at radius 1 is 1.52 bits per heavy atom. The molecule has 25 heavy (non-hydrogen) atoms. The van der Waals surface area contributed by atoms with E-state index in [0.29, 0.717) is 27.3 Å². The van der Waals surface area contributed by atoms with Crippen LogP contribution in [0.1, 0.15) is 43.0 Å². The zero-order valence-electron chi connectivity index (χ0n) is 14.5. The molecule has 1 aromatic carbocycles. The molecule has 2 aromatic rings. The van der Waals surface area contributed by atoms with Gasteiger partial charge in [-0.3, -0.25) is 14.2 Å². The molecule has 7 heteroatoms. The summed E-state index contributed by atoms with van der Waals surface area (Å²) >= 11 is 5.13. The maximum atomic E-state index is 12.5. The van der Waals surface area contributed by atoms with Crippen LogP contribution in [0.2, 0.25) is 0 Å². The summed E-state index contributed by atoms with van der Waals surface area (Å²) in [5, 5.41) is 3.52. The van der Waals surface area contributed by atoms with Gasteiger partial charge in [0, 0.05) is 25.3 Å². The van der Waals surface area contributed by atoms with Crippen molar-refractivity contribution in [1.82, 2.24) is 14.9 Å². The first-order valence-corrected chi connectivity index (χ1v) is 9.02. The van der Waals surface area contributed by atoms with Crippen LogP contribution in [-0.4, -0.2) is 34.2 Å². The molecule has 0 radical (unpaired) electrons. The number of fused-ring (bicyclic) bond motifs is 1. The Balaban J connectivity index is 1.70. The highest BCUT2D eigenvalue weighted by atomic mass is 32.1. The number of hydrogen-bond donors (Lipinski definition) is 2. The molecule has 1 aliphatic rings. The summed E-state index contributed by atoms with van der Waals surface area (Å²) in [6, 6.07) is 5.07. The van der Waals surface area contributed by atoms with Gasteiger partial charge in [-0.15, -0.1) is 0 Å². The van der Waals surface area contributed by atoms with E-state index < -0.39 is 0 Å². The van der Waals surface area contributed by atoms with E-state index in [1.165, 1.54) is 4.57 Å². The van der Waals surface area contributed by atoms with E-state index in [-0.39, 0.29) is 17.5 Å². The number of benzene rings is 1. The molecule has 1 saturated heterocycles. The minimum Gasteiger partial charge on any atom is -0.378 e. The first-order chi connectivity index (χ1) is 12.0. The Bertz CT molecular complexity index is 897. The first-order valence-electron chi connectivity index (χ1n) is 8.61. The lowest BCUT2D eigenvalue weighted by atomic mass is 10.1. The Morgan fingerprint density at radius 3 is 3.04 bits per heavy atom. The number of ether oxygens (including phenoxy) is 1. The molecule has 0 spiro atoms. The normalized spacial score (nSPS) is 18.4. The summed E-state index contributed by atoms with van der Waals surface area (Å²) in [5.41, 5.74) is 0.916. The van der Waals surface area contributed by atoms with Crippen LogP contribution in [0.25, 0.3) is 10.9 Å². The van der Waals surface area contributed by atoms with Crippen LogP contribution < -0.4 is 10.9 Å². The molecular weight excluding hydrogens is 338 g/mol. The molecular formula is C18H23N3O3S. The Kier molecular flexibility index (Phi) is 5.34. The van der Waals surface area contributed by atoms with Gasteiger partial charge in [-0.05, 0) is 63.0 Å². The number of rotatable bonds is 5. The van der Waals surface area contributed by atoms with E-state index in [2.05, 4.69) is 10.3 Å². The minimum atomic E-state index is -0.171. The van der Waals surface area contributed by atoms with Crippen molar-refractivity contribution in [3.8, 4) is 0 Å². The zero-order chi connectivity index (χ0) is 18.0. The molecule has 134 valence electrons. The number of nitrogens with zero attached hydrogens (tertiary/aromatic N) is 1. The standard InChI is InChI=1S/C18H23N3O3S/c1-11(5-7-13-4-3-9-24-13)19-16(22)12-6-8-14-15(10-12)20-18(25)21(2)17(14)23/h6,8,10-11,13H,3-5,7,9H2,1-2H3,(H,19,22)(H,20,25)/t11-,13-/m0/s1. The second-order valence-corrected chi connectivity index (χ2v) is 7.03. The lowest BCUT2D eigenvalue weighted by Gasteiger charge is -2.16. The third-order valence-electron chi connectivity index (χ3n) is 4.69. The van der Waals surface area contributed by atoms with Crippen LogP contribution >= 0.6 is 12.2 Å². The van der Waals surface area contributed by atoms with Crippen LogP contribution in [0.4, 0.5) is 0 Å². The molecule has 6 nitrogen and oxygen atoms in total. The highest BCUT2D eigenvalue weighted by molar-refractivity contribution is 7.71. The van der Waals surface area contributed by atoms with E-state index in [1.807, 2.05) is 6.92 Å². The number of amides is 1. The van der Waals surface area contributed by atoms with Crippen molar-refractivity contribution in [1.29, 1.82) is 0 Å². The van der Waals surface area contributed by atoms with E-state index in [0.717, 1.165) is 32.3 Å². The van der Waals surface area contributed by atoms with Gasteiger partial charge in [0.15, 0.2) is 4.77 Å². The minimum absolute atomic E-state index is 0.0644. The van der Waals surface area contributed by atoms with Crippen LogP contribution in [0, 0.1) is 4.77 Å². The lowest BCUT2D eigenvalue weighted by molar-refractivity contribution is 0.0899. The number of H-pyrrole nitrogens is 1. The average Bonchev–Trinajstić information content (AvgIpc) is 3.11. The van der Waals surface area contributed by atoms with Gasteiger partial charge in [0.25, 0.3) is 11.5 Å². The molecule has 2 atom stereocenters. The molecule has 0 aliphatic carbocycles. The quantitative estimate of drug-likeness (QED) is 0.803. The predicted octanol–water partition coefficient (Wildman–Crippen LogP) is 2.67. The molecule has 1 fully saturated rings. The maximum absolute atomic E-state index is 12.5. The average molecular weight is 361 g/mol. The Morgan fingerprint density at radius 2 is 2.32 bits per heavy atom. The second-order valence-electron chi connectivity index (χ2n) is 6.64. The van der Waals surface area contributed by atoms with Gasteiger partial charge < -0.3 is 15.0 Å². The van der Waals surface area contributed by atoms with E-state index in [9.17, 15) is 9.59 Å². The van der Waals surface area contributed by atoms with Crippen LogP contribution in [0.3, 0.4) is 0 Å². The number of aromatic amines is 1. The molecule has 1 aromatic heterocycles. The van der Waals surface area contributed by atoms with Crippen molar-refractivity contribution >= 4 is 29.0 Å². The SMILES string of the molecule is C[C@@H](CC[C@@H]1CCCO1)NC(=O)c1ccc2c(=O)n(C)c(=S)[nH]c2c1. The molecule has 1 aliphatic heterocycles. The molecule has 1 amide bonds. The second kappa shape index (κ2) is 7.49. The molecule has 0 unspecified atom stereocenters. The van der Waals surface area contributed by atoms with Crippen molar-refractivity contribution in [3.05, 3.63) is 38.9 Å². The highest BCUT2D eigenvalue weighted by Gasteiger charge is 2.17. The summed E-state index contributed by atoms with van der Waals surface area (Å²) < 4.78 is 7.33. The molecule has 3 rings (SSSR count). The van der Waals surface area contributed by atoms with Gasteiger partial charge in [-0.1, -0.05) is 0 Å². The number of carbonyl (C=O) groups excluding carboxylic acids is 1. The Labute approximate surface area is 151 Å². The Hall–Kier alpha value is -1.99. The fraction of sp³-hybridized carbons (Fsp3) is 0.500. The summed E-state index contributed by atoms with van der Waals surface area (Å²) in [5.74, 6) is -0.151. The maximum Gasteiger partial charge on any atom is 0.261 e. The lowest BCUT2D eigenvalue weighted by Crippen LogP contribution is -2.33. The number of aromatic nitrogens is 2. The van der Waals surface area contributed by atoms with Crippen molar-refractivity contribution in [2.24, 2.45) is 7.05 Å². The van der Waals surface area contributed by atoms with Gasteiger partial charge >= 0.3 is 0 Å². The highest BCUT2D eigenvalue weighted by Crippen LogP contribution is 2.18. The molecule has 2 N–H and O–H groups in total. The van der Waals surface area contributed by atoms with Gasteiger partial charge in [-0.2, -0.15) is 0 Å². The summed E-state index contributed by atoms with van der Waals surface area (Å²) in [4.78, 5) is 27.6. The number of hydrogen-bond acceptors (Lipinski definition) is 4. The van der Waals surface area contributed by atoms with Crippen molar-refractivity contribution < 1.29 is 9.53 Å². The summed E-state index contributed by atoms with van der Waals surface area (Å²) in [6.45, 7) is 2.85. The largest absolute Gasteiger partial charge is 0.378 e. The fourth-order valence-corrected chi connectivity index (χ4v) is 3.33. The van der Waals surface area contributed by atoms with Gasteiger partial charge in [0.2, 0.25) is 0 Å². The number of carbonyl (C=O) groups is 1. The monoisotopic (exact) mass is 361 g/mol.